The van der Waals surface area contributed by atoms with E-state index in [-0.39, 0.29) is 25.8 Å². The highest BCUT2D eigenvalue weighted by Gasteiger charge is 2.23. The van der Waals surface area contributed by atoms with Gasteiger partial charge in [-0.05, 0) is 48.6 Å². The maximum Gasteiger partial charge on any atom is 0.262 e. The van der Waals surface area contributed by atoms with Crippen molar-refractivity contribution < 1.29 is 16.8 Å². The molecule has 12 heteroatoms. The van der Waals surface area contributed by atoms with Crippen molar-refractivity contribution in [1.82, 2.24) is 9.97 Å². The van der Waals surface area contributed by atoms with Gasteiger partial charge in [0.1, 0.15) is 4.90 Å². The Hall–Kier alpha value is -1.86. The van der Waals surface area contributed by atoms with Gasteiger partial charge in [-0.25, -0.2) is 22.0 Å². The average Bonchev–Trinajstić information content (AvgIpc) is 2.87. The number of rotatable bonds is 4. The van der Waals surface area contributed by atoms with Gasteiger partial charge in [0.05, 0.1) is 21.6 Å². The molecule has 0 unspecified atom stereocenters. The van der Waals surface area contributed by atoms with Crippen molar-refractivity contribution in [2.24, 2.45) is 5.14 Å². The normalized spacial score (nSPS) is 12.4. The molecule has 0 saturated carbocycles. The van der Waals surface area contributed by atoms with Crippen LogP contribution in [-0.4, -0.2) is 26.8 Å². The standard InChI is InChI=1S/C13H12N4O4S4/c14-24(18,19)10-6-5-9-11(16-13(23)15-9)12(10)17-25(20,21)8-3-1-7(22)2-4-8/h1-6,17,22H,(H2,14,18,19)(H2,15,16,23). The van der Waals surface area contributed by atoms with Gasteiger partial charge in [-0.2, -0.15) is 0 Å². The highest BCUT2D eigenvalue weighted by molar-refractivity contribution is 7.93. The minimum Gasteiger partial charge on any atom is -0.331 e. The van der Waals surface area contributed by atoms with Crippen LogP contribution >= 0.6 is 24.8 Å². The van der Waals surface area contributed by atoms with Gasteiger partial charge >= 0.3 is 0 Å². The first kappa shape index (κ1) is 17.9. The fraction of sp³-hybridized carbons (Fsp3) is 0. The number of aromatic amines is 2. The molecule has 8 nitrogen and oxygen atoms in total. The molecule has 0 atom stereocenters. The molecule has 0 aliphatic carbocycles. The number of imidazole rings is 1. The Balaban J connectivity index is 2.23. The lowest BCUT2D eigenvalue weighted by Crippen LogP contribution is -2.19. The van der Waals surface area contributed by atoms with Crippen LogP contribution in [0.15, 0.2) is 51.1 Å². The van der Waals surface area contributed by atoms with E-state index in [0.717, 1.165) is 0 Å². The van der Waals surface area contributed by atoms with Crippen LogP contribution in [0.2, 0.25) is 0 Å². The lowest BCUT2D eigenvalue weighted by molar-refractivity contribution is 0.598. The number of nitrogens with one attached hydrogen (secondary N) is 3. The number of thiol groups is 1. The number of fused-ring (bicyclic) bond motifs is 1. The SMILES string of the molecule is NS(=O)(=O)c1ccc2[nH]c(=S)[nH]c2c1NS(=O)(=O)c1ccc(S)cc1. The number of primary sulfonamides is 1. The second-order valence-electron chi connectivity index (χ2n) is 5.08. The highest BCUT2D eigenvalue weighted by Crippen LogP contribution is 2.30. The van der Waals surface area contributed by atoms with Gasteiger partial charge in [-0.1, -0.05) is 0 Å². The van der Waals surface area contributed by atoms with Crippen LogP contribution < -0.4 is 9.86 Å². The summed E-state index contributed by atoms with van der Waals surface area (Å²) in [7, 11) is -8.25. The summed E-state index contributed by atoms with van der Waals surface area (Å²) in [4.78, 5) is 5.66. The highest BCUT2D eigenvalue weighted by atomic mass is 32.2. The number of anilines is 1. The van der Waals surface area contributed by atoms with E-state index in [0.29, 0.717) is 10.4 Å². The van der Waals surface area contributed by atoms with E-state index in [1.807, 2.05) is 0 Å². The molecule has 0 aliphatic rings. The summed E-state index contributed by atoms with van der Waals surface area (Å²) in [5.74, 6) is 0. The molecule has 0 bridgehead atoms. The van der Waals surface area contributed by atoms with Gasteiger partial charge in [0.25, 0.3) is 10.0 Å². The summed E-state index contributed by atoms with van der Waals surface area (Å²) in [6.45, 7) is 0. The fourth-order valence-electron chi connectivity index (χ4n) is 2.24. The molecule has 0 fully saturated rings. The number of H-pyrrole nitrogens is 2. The average molecular weight is 417 g/mol. The van der Waals surface area contributed by atoms with E-state index in [9.17, 15) is 16.8 Å². The molecule has 0 aliphatic heterocycles. The fourth-order valence-corrected chi connectivity index (χ4v) is 4.46. The van der Waals surface area contributed by atoms with E-state index in [1.165, 1.54) is 36.4 Å². The van der Waals surface area contributed by atoms with Crippen molar-refractivity contribution in [2.75, 3.05) is 4.72 Å². The first-order valence-corrected chi connectivity index (χ1v) is 10.6. The summed E-state index contributed by atoms with van der Waals surface area (Å²) in [6.07, 6.45) is 0. The van der Waals surface area contributed by atoms with Crippen LogP contribution in [0.3, 0.4) is 0 Å². The van der Waals surface area contributed by atoms with Gasteiger partial charge in [0.15, 0.2) is 4.77 Å². The number of hydrogen-bond acceptors (Lipinski definition) is 6. The lowest BCUT2D eigenvalue weighted by atomic mass is 10.3. The number of nitrogens with two attached hydrogens (primary N) is 1. The topological polar surface area (TPSA) is 138 Å². The van der Waals surface area contributed by atoms with Crippen molar-refractivity contribution in [2.45, 2.75) is 14.7 Å². The molecule has 25 heavy (non-hydrogen) atoms. The molecular formula is C13H12N4O4S4. The molecular weight excluding hydrogens is 404 g/mol. The van der Waals surface area contributed by atoms with Crippen molar-refractivity contribution in [3.8, 4) is 0 Å². The third-order valence-electron chi connectivity index (χ3n) is 3.34. The summed E-state index contributed by atoms with van der Waals surface area (Å²) < 4.78 is 51.4. The maximum atomic E-state index is 12.6. The zero-order valence-corrected chi connectivity index (χ0v) is 15.7. The van der Waals surface area contributed by atoms with Crippen LogP contribution in [0, 0.1) is 4.77 Å². The molecule has 0 amide bonds. The summed E-state index contributed by atoms with van der Waals surface area (Å²) in [5.41, 5.74) is 0.411. The van der Waals surface area contributed by atoms with Gasteiger partial charge in [-0.15, -0.1) is 12.6 Å². The van der Waals surface area contributed by atoms with E-state index >= 15 is 0 Å². The Morgan fingerprint density at radius 2 is 1.64 bits per heavy atom. The minimum absolute atomic E-state index is 0.0585. The molecule has 0 saturated heterocycles. The lowest BCUT2D eigenvalue weighted by Gasteiger charge is -2.12. The molecule has 2 aromatic carbocycles. The Kier molecular flexibility index (Phi) is 4.41. The van der Waals surface area contributed by atoms with E-state index in [2.05, 4.69) is 27.3 Å². The molecule has 1 aromatic heterocycles. The van der Waals surface area contributed by atoms with Gasteiger partial charge < -0.3 is 9.97 Å². The molecule has 0 radical (unpaired) electrons. The molecule has 3 aromatic rings. The molecule has 0 spiro atoms. The molecule has 5 N–H and O–H groups in total. The largest absolute Gasteiger partial charge is 0.331 e. The number of aromatic nitrogens is 2. The van der Waals surface area contributed by atoms with Crippen LogP contribution in [0.25, 0.3) is 11.0 Å². The minimum atomic E-state index is -4.18. The quantitative estimate of drug-likeness (QED) is 0.327. The van der Waals surface area contributed by atoms with Crippen LogP contribution in [-0.2, 0) is 20.0 Å². The molecule has 132 valence electrons. The molecule has 3 rings (SSSR count). The number of hydrogen-bond donors (Lipinski definition) is 5. The Bertz CT molecular complexity index is 1230. The third-order valence-corrected chi connectivity index (χ3v) is 6.16. The smallest absolute Gasteiger partial charge is 0.262 e. The van der Waals surface area contributed by atoms with Crippen molar-refractivity contribution in [3.63, 3.8) is 0 Å². The third kappa shape index (κ3) is 3.57. The van der Waals surface area contributed by atoms with Crippen LogP contribution in [0.4, 0.5) is 5.69 Å². The van der Waals surface area contributed by atoms with Gasteiger partial charge in [0, 0.05) is 4.90 Å². The monoisotopic (exact) mass is 416 g/mol. The van der Waals surface area contributed by atoms with Crippen molar-refractivity contribution in [1.29, 1.82) is 0 Å². The Morgan fingerprint density at radius 3 is 2.24 bits per heavy atom. The second kappa shape index (κ2) is 6.14. The predicted octanol–water partition coefficient (Wildman–Crippen LogP) is 1.96. The summed E-state index contributed by atoms with van der Waals surface area (Å²) >= 11 is 9.08. The van der Waals surface area contributed by atoms with E-state index in [1.54, 1.807) is 0 Å². The first-order valence-electron chi connectivity index (χ1n) is 6.67. The molecule has 1 heterocycles. The van der Waals surface area contributed by atoms with Gasteiger partial charge in [0.2, 0.25) is 10.0 Å². The summed E-state index contributed by atoms with van der Waals surface area (Å²) in [5, 5.41) is 5.21. The van der Waals surface area contributed by atoms with Crippen LogP contribution in [0.5, 0.6) is 0 Å². The van der Waals surface area contributed by atoms with Gasteiger partial charge in [-0.3, -0.25) is 4.72 Å². The zero-order valence-electron chi connectivity index (χ0n) is 12.3. The Morgan fingerprint density at radius 1 is 1.00 bits per heavy atom. The number of sulfonamides is 2. The van der Waals surface area contributed by atoms with Crippen LogP contribution in [0.1, 0.15) is 0 Å². The first-order chi connectivity index (χ1) is 11.6. The summed E-state index contributed by atoms with van der Waals surface area (Å²) in [6, 6.07) is 8.34. The zero-order chi connectivity index (χ0) is 18.4. The number of benzene rings is 2. The second-order valence-corrected chi connectivity index (χ2v) is 9.22. The van der Waals surface area contributed by atoms with E-state index in [4.69, 9.17) is 17.4 Å². The van der Waals surface area contributed by atoms with Crippen molar-refractivity contribution >= 4 is 61.6 Å². The van der Waals surface area contributed by atoms with Crippen molar-refractivity contribution in [3.05, 3.63) is 41.2 Å². The maximum absolute atomic E-state index is 12.6. The Labute approximate surface area is 154 Å². The van der Waals surface area contributed by atoms with E-state index < -0.39 is 20.0 Å². The predicted molar refractivity (Wildman–Crippen MR) is 99.4 cm³/mol.